The van der Waals surface area contributed by atoms with E-state index in [1.54, 1.807) is 0 Å². The summed E-state index contributed by atoms with van der Waals surface area (Å²) in [6.07, 6.45) is 1.84. The van der Waals surface area contributed by atoms with Crippen molar-refractivity contribution in [2.75, 3.05) is 18.1 Å². The Morgan fingerprint density at radius 1 is 1.40 bits per heavy atom. The summed E-state index contributed by atoms with van der Waals surface area (Å²) in [4.78, 5) is 0. The fourth-order valence-corrected chi connectivity index (χ4v) is 3.73. The first-order valence-electron chi connectivity index (χ1n) is 6.81. The molecule has 4 N–H and O–H groups in total. The van der Waals surface area contributed by atoms with Gasteiger partial charge in [-0.2, -0.15) is 0 Å². The monoisotopic (exact) mass is 295 g/mol. The van der Waals surface area contributed by atoms with Crippen LogP contribution in [0.4, 0.5) is 0 Å². The van der Waals surface area contributed by atoms with Crippen LogP contribution >= 0.6 is 0 Å². The van der Waals surface area contributed by atoms with Crippen LogP contribution in [0, 0.1) is 0 Å². The van der Waals surface area contributed by atoms with Crippen LogP contribution < -0.4 is 11.1 Å². The van der Waals surface area contributed by atoms with Gasteiger partial charge in [0.15, 0.2) is 0 Å². The molecule has 1 aromatic carbocycles. The standard InChI is InChI=1S/C14H21N3O2S/c15-14(17-18)13(11-4-2-1-3-5-11)10-16-12-6-8-20(19)9-7-12/h1-5,12-13,16,18H,6-10H2,(H2,15,17). The second-order valence-corrected chi connectivity index (χ2v) is 6.71. The fourth-order valence-electron chi connectivity index (χ4n) is 2.43. The zero-order valence-electron chi connectivity index (χ0n) is 11.4. The molecule has 1 atom stereocenters. The summed E-state index contributed by atoms with van der Waals surface area (Å²) in [6.45, 7) is 0.622. The van der Waals surface area contributed by atoms with E-state index in [9.17, 15) is 4.21 Å². The van der Waals surface area contributed by atoms with Gasteiger partial charge in [-0.3, -0.25) is 4.21 Å². The van der Waals surface area contributed by atoms with Crippen LogP contribution in [0.3, 0.4) is 0 Å². The van der Waals surface area contributed by atoms with Gasteiger partial charge in [-0.25, -0.2) is 0 Å². The van der Waals surface area contributed by atoms with E-state index < -0.39 is 10.8 Å². The SMILES string of the molecule is N/C(=N/O)C(CNC1CCS(=O)CC1)c1ccccc1. The molecule has 1 aromatic rings. The third kappa shape index (κ3) is 4.05. The number of nitrogens with one attached hydrogen (secondary N) is 1. The fraction of sp³-hybridized carbons (Fsp3) is 0.500. The Morgan fingerprint density at radius 3 is 2.65 bits per heavy atom. The molecule has 0 aromatic heterocycles. The molecule has 1 heterocycles. The van der Waals surface area contributed by atoms with Crippen LogP contribution in [0.15, 0.2) is 35.5 Å². The van der Waals surface area contributed by atoms with Gasteiger partial charge in [0, 0.05) is 34.9 Å². The number of benzene rings is 1. The molecule has 2 rings (SSSR count). The molecule has 5 nitrogen and oxygen atoms in total. The van der Waals surface area contributed by atoms with E-state index >= 15 is 0 Å². The van der Waals surface area contributed by atoms with E-state index in [0.717, 1.165) is 29.9 Å². The average Bonchev–Trinajstić information content (AvgIpc) is 2.50. The highest BCUT2D eigenvalue weighted by molar-refractivity contribution is 7.85. The van der Waals surface area contributed by atoms with Crippen molar-refractivity contribution in [1.82, 2.24) is 5.32 Å². The summed E-state index contributed by atoms with van der Waals surface area (Å²) >= 11 is 0. The van der Waals surface area contributed by atoms with Crippen LogP contribution in [0.25, 0.3) is 0 Å². The Kier molecular flexibility index (Phi) is 5.55. The Bertz CT molecular complexity index is 469. The van der Waals surface area contributed by atoms with Gasteiger partial charge in [-0.05, 0) is 18.4 Å². The number of hydrogen-bond acceptors (Lipinski definition) is 4. The smallest absolute Gasteiger partial charge is 0.147 e. The lowest BCUT2D eigenvalue weighted by Crippen LogP contribution is -2.40. The minimum absolute atomic E-state index is 0.145. The molecule has 0 spiro atoms. The number of oxime groups is 1. The Morgan fingerprint density at radius 2 is 2.05 bits per heavy atom. The minimum atomic E-state index is -0.650. The zero-order chi connectivity index (χ0) is 14.4. The van der Waals surface area contributed by atoms with Crippen LogP contribution in [0.1, 0.15) is 24.3 Å². The summed E-state index contributed by atoms with van der Waals surface area (Å²) in [5.41, 5.74) is 6.82. The van der Waals surface area contributed by atoms with Crippen molar-refractivity contribution in [3.63, 3.8) is 0 Å². The van der Waals surface area contributed by atoms with Crippen molar-refractivity contribution in [3.05, 3.63) is 35.9 Å². The molecule has 0 amide bonds. The summed E-state index contributed by atoms with van der Waals surface area (Å²) in [5.74, 6) is 1.59. The van der Waals surface area contributed by atoms with Gasteiger partial charge in [0.25, 0.3) is 0 Å². The van der Waals surface area contributed by atoms with Gasteiger partial charge in [-0.15, -0.1) is 0 Å². The maximum atomic E-state index is 11.3. The molecule has 110 valence electrons. The quantitative estimate of drug-likeness (QED) is 0.327. The van der Waals surface area contributed by atoms with Crippen molar-refractivity contribution in [3.8, 4) is 0 Å². The molecular formula is C14H21N3O2S. The molecule has 0 bridgehead atoms. The van der Waals surface area contributed by atoms with E-state index in [1.165, 1.54) is 0 Å². The number of nitrogens with zero attached hydrogens (tertiary/aromatic N) is 1. The lowest BCUT2D eigenvalue weighted by atomic mass is 9.97. The predicted octanol–water partition coefficient (Wildman–Crippen LogP) is 1.02. The maximum Gasteiger partial charge on any atom is 0.147 e. The third-order valence-electron chi connectivity index (χ3n) is 3.67. The van der Waals surface area contributed by atoms with Gasteiger partial charge in [0.1, 0.15) is 5.84 Å². The molecule has 0 aliphatic carbocycles. The van der Waals surface area contributed by atoms with Crippen LogP contribution in [-0.2, 0) is 10.8 Å². The molecule has 1 aliphatic rings. The molecule has 0 radical (unpaired) electrons. The number of rotatable bonds is 5. The van der Waals surface area contributed by atoms with Crippen molar-refractivity contribution in [2.24, 2.45) is 10.9 Å². The minimum Gasteiger partial charge on any atom is -0.409 e. The summed E-state index contributed by atoms with van der Waals surface area (Å²) < 4.78 is 11.3. The summed E-state index contributed by atoms with van der Waals surface area (Å²) in [5, 5.41) is 15.5. The van der Waals surface area contributed by atoms with Gasteiger partial charge in [0.05, 0.1) is 5.92 Å². The molecule has 20 heavy (non-hydrogen) atoms. The van der Waals surface area contributed by atoms with Gasteiger partial charge < -0.3 is 16.3 Å². The van der Waals surface area contributed by atoms with Crippen molar-refractivity contribution in [2.45, 2.75) is 24.8 Å². The molecule has 1 fully saturated rings. The van der Waals surface area contributed by atoms with E-state index in [1.807, 2.05) is 30.3 Å². The highest BCUT2D eigenvalue weighted by Crippen LogP contribution is 2.16. The third-order valence-corrected chi connectivity index (χ3v) is 5.06. The first kappa shape index (κ1) is 15.0. The second kappa shape index (κ2) is 7.40. The van der Waals surface area contributed by atoms with Crippen molar-refractivity contribution >= 4 is 16.6 Å². The number of hydrogen-bond donors (Lipinski definition) is 3. The Labute approximate surface area is 121 Å². The van der Waals surface area contributed by atoms with Crippen LogP contribution in [0.2, 0.25) is 0 Å². The molecule has 0 saturated carbocycles. The van der Waals surface area contributed by atoms with E-state index in [4.69, 9.17) is 10.9 Å². The number of amidine groups is 1. The Balaban J connectivity index is 1.97. The van der Waals surface area contributed by atoms with Crippen molar-refractivity contribution in [1.29, 1.82) is 0 Å². The second-order valence-electron chi connectivity index (χ2n) is 5.02. The van der Waals surface area contributed by atoms with Gasteiger partial charge in [0.2, 0.25) is 0 Å². The van der Waals surface area contributed by atoms with E-state index in [0.29, 0.717) is 12.6 Å². The first-order valence-corrected chi connectivity index (χ1v) is 8.30. The first-order chi connectivity index (χ1) is 9.70. The molecule has 1 aliphatic heterocycles. The number of nitrogens with two attached hydrogens (primary N) is 1. The van der Waals surface area contributed by atoms with Crippen molar-refractivity contribution < 1.29 is 9.42 Å². The lowest BCUT2D eigenvalue weighted by Gasteiger charge is -2.25. The molecule has 1 unspecified atom stereocenters. The summed E-state index contributed by atoms with van der Waals surface area (Å²) in [6, 6.07) is 10.1. The van der Waals surface area contributed by atoms with Gasteiger partial charge >= 0.3 is 0 Å². The van der Waals surface area contributed by atoms with Crippen LogP contribution in [-0.4, -0.2) is 39.3 Å². The Hall–Kier alpha value is -1.40. The van der Waals surface area contributed by atoms with E-state index in [2.05, 4.69) is 10.5 Å². The lowest BCUT2D eigenvalue weighted by molar-refractivity contribution is 0.315. The molecule has 1 saturated heterocycles. The molecule has 6 heteroatoms. The zero-order valence-corrected chi connectivity index (χ0v) is 12.2. The normalized spacial score (nSPS) is 25.3. The van der Waals surface area contributed by atoms with Crippen LogP contribution in [0.5, 0.6) is 0 Å². The average molecular weight is 295 g/mol. The maximum absolute atomic E-state index is 11.3. The predicted molar refractivity (Wildman–Crippen MR) is 81.5 cm³/mol. The molecular weight excluding hydrogens is 274 g/mol. The highest BCUT2D eigenvalue weighted by atomic mass is 32.2. The largest absolute Gasteiger partial charge is 0.409 e. The van der Waals surface area contributed by atoms with Gasteiger partial charge in [-0.1, -0.05) is 35.5 Å². The topological polar surface area (TPSA) is 87.7 Å². The summed E-state index contributed by atoms with van der Waals surface area (Å²) in [7, 11) is -0.650. The van der Waals surface area contributed by atoms with E-state index in [-0.39, 0.29) is 11.8 Å². The highest BCUT2D eigenvalue weighted by Gasteiger charge is 2.21.